The Morgan fingerprint density at radius 2 is 2.24 bits per heavy atom. The highest BCUT2D eigenvalue weighted by molar-refractivity contribution is 7.91. The Morgan fingerprint density at radius 3 is 2.76 bits per heavy atom. The van der Waals surface area contributed by atoms with Crippen molar-refractivity contribution in [1.82, 2.24) is 4.72 Å². The van der Waals surface area contributed by atoms with Gasteiger partial charge in [-0.25, -0.2) is 13.1 Å². The van der Waals surface area contributed by atoms with E-state index >= 15 is 0 Å². The number of rotatable bonds is 4. The van der Waals surface area contributed by atoms with Crippen molar-refractivity contribution in [2.24, 2.45) is 5.92 Å². The fraction of sp³-hybridized carbons (Fsp3) is 0.583. The number of allylic oxidation sites excluding steroid dienone is 3. The number of nitrogens with one attached hydrogen (secondary N) is 1. The van der Waals surface area contributed by atoms with Crippen LogP contribution in [0.4, 0.5) is 0 Å². The molecule has 0 saturated heterocycles. The third-order valence-corrected chi connectivity index (χ3v) is 5.51. The second kappa shape index (κ2) is 5.03. The molecule has 0 fully saturated rings. The zero-order valence-corrected chi connectivity index (χ0v) is 11.2. The van der Waals surface area contributed by atoms with E-state index in [1.807, 2.05) is 6.92 Å². The molecule has 1 rings (SSSR count). The van der Waals surface area contributed by atoms with Crippen LogP contribution in [-0.2, 0) is 10.0 Å². The zero-order valence-electron chi connectivity index (χ0n) is 10.4. The number of hydrogen-bond acceptors (Lipinski definition) is 3. The van der Waals surface area contributed by atoms with Crippen molar-refractivity contribution >= 4 is 10.0 Å². The van der Waals surface area contributed by atoms with Crippen molar-refractivity contribution in [1.29, 1.82) is 5.26 Å². The topological polar surface area (TPSA) is 70.0 Å². The molecule has 0 aromatic rings. The molecule has 0 aliphatic heterocycles. The van der Waals surface area contributed by atoms with Crippen LogP contribution in [0.5, 0.6) is 0 Å². The van der Waals surface area contributed by atoms with Crippen LogP contribution in [0.15, 0.2) is 23.8 Å². The van der Waals surface area contributed by atoms with Gasteiger partial charge in [-0.2, -0.15) is 5.26 Å². The third kappa shape index (κ3) is 2.43. The molecular formula is C12H18N2O2S. The summed E-state index contributed by atoms with van der Waals surface area (Å²) in [4.78, 5) is 0. The molecular weight excluding hydrogens is 236 g/mol. The smallest absolute Gasteiger partial charge is 0.214 e. The van der Waals surface area contributed by atoms with Crippen molar-refractivity contribution in [3.8, 4) is 6.07 Å². The molecule has 0 amide bonds. The minimum absolute atomic E-state index is 0.341. The molecule has 4 nitrogen and oxygen atoms in total. The van der Waals surface area contributed by atoms with E-state index in [0.29, 0.717) is 12.1 Å². The lowest BCUT2D eigenvalue weighted by Gasteiger charge is -2.34. The Kier molecular flexibility index (Phi) is 4.12. The summed E-state index contributed by atoms with van der Waals surface area (Å²) in [6, 6.07) is 2.05. The summed E-state index contributed by atoms with van der Waals surface area (Å²) in [5, 5.41) is 8.97. The fourth-order valence-corrected chi connectivity index (χ4v) is 3.42. The maximum absolute atomic E-state index is 12.2. The van der Waals surface area contributed by atoms with Crippen LogP contribution in [0.2, 0.25) is 0 Å². The van der Waals surface area contributed by atoms with Crippen LogP contribution in [0.25, 0.3) is 0 Å². The molecule has 2 unspecified atom stereocenters. The van der Waals surface area contributed by atoms with Gasteiger partial charge in [-0.3, -0.25) is 0 Å². The van der Waals surface area contributed by atoms with Crippen LogP contribution in [0, 0.1) is 17.2 Å². The molecule has 0 aromatic carbocycles. The van der Waals surface area contributed by atoms with Crippen LogP contribution < -0.4 is 4.72 Å². The molecule has 0 heterocycles. The van der Waals surface area contributed by atoms with Gasteiger partial charge in [0.15, 0.2) is 0 Å². The van der Waals surface area contributed by atoms with Crippen LogP contribution in [0.1, 0.15) is 27.2 Å². The molecule has 94 valence electrons. The van der Waals surface area contributed by atoms with E-state index in [-0.39, 0.29) is 5.92 Å². The Bertz CT molecular complexity index is 485. The fourth-order valence-electron chi connectivity index (χ4n) is 1.79. The van der Waals surface area contributed by atoms with E-state index in [1.165, 1.54) is 0 Å². The molecule has 2 atom stereocenters. The first-order chi connectivity index (χ1) is 7.89. The van der Waals surface area contributed by atoms with Crippen molar-refractivity contribution < 1.29 is 8.42 Å². The Morgan fingerprint density at radius 1 is 1.59 bits per heavy atom. The summed E-state index contributed by atoms with van der Waals surface area (Å²) in [6.07, 6.45) is 5.70. The first kappa shape index (κ1) is 13.9. The van der Waals surface area contributed by atoms with Crippen LogP contribution >= 0.6 is 0 Å². The van der Waals surface area contributed by atoms with Crippen LogP contribution in [0.3, 0.4) is 0 Å². The summed E-state index contributed by atoms with van der Waals surface area (Å²) < 4.78 is 26.0. The van der Waals surface area contributed by atoms with Crippen LogP contribution in [-0.4, -0.2) is 19.7 Å². The number of nitrogens with zero attached hydrogens (tertiary/aromatic N) is 1. The molecule has 1 N–H and O–H groups in total. The van der Waals surface area contributed by atoms with E-state index in [0.717, 1.165) is 6.42 Å². The average Bonchev–Trinajstić information content (AvgIpc) is 2.30. The first-order valence-corrected chi connectivity index (χ1v) is 7.16. The molecule has 5 heteroatoms. The lowest BCUT2D eigenvalue weighted by atomic mass is 9.84. The van der Waals surface area contributed by atoms with Crippen molar-refractivity contribution in [3.05, 3.63) is 23.8 Å². The van der Waals surface area contributed by atoms with Crippen molar-refractivity contribution in [2.45, 2.75) is 31.9 Å². The number of hydrogen-bond donors (Lipinski definition) is 1. The Balaban J connectivity index is 3.09. The molecule has 17 heavy (non-hydrogen) atoms. The van der Waals surface area contributed by atoms with E-state index in [4.69, 9.17) is 5.26 Å². The summed E-state index contributed by atoms with van der Waals surface area (Å²) in [7, 11) is -3.47. The maximum Gasteiger partial charge on any atom is 0.221 e. The molecule has 0 saturated carbocycles. The maximum atomic E-state index is 12.2. The second-order valence-electron chi connectivity index (χ2n) is 4.40. The van der Waals surface area contributed by atoms with Gasteiger partial charge < -0.3 is 0 Å². The lowest BCUT2D eigenvalue weighted by Crippen LogP contribution is -2.48. The van der Waals surface area contributed by atoms with E-state index < -0.39 is 14.8 Å². The van der Waals surface area contributed by atoms with Gasteiger partial charge in [0, 0.05) is 18.0 Å². The van der Waals surface area contributed by atoms with Gasteiger partial charge in [0.25, 0.3) is 0 Å². The van der Waals surface area contributed by atoms with Crippen molar-refractivity contribution in [2.75, 3.05) is 6.54 Å². The molecule has 0 aromatic heterocycles. The minimum atomic E-state index is -3.47. The van der Waals surface area contributed by atoms with Gasteiger partial charge in [0.05, 0.1) is 6.07 Å². The molecule has 0 radical (unpaired) electrons. The zero-order chi connectivity index (χ0) is 13.1. The van der Waals surface area contributed by atoms with Gasteiger partial charge in [-0.1, -0.05) is 26.0 Å². The highest BCUT2D eigenvalue weighted by Gasteiger charge is 2.44. The standard InChI is InChI=1S/C12H18N2O2S/c1-4-8-14-17(15,16)12(3)7-5-6-11(9-13)10(12)2/h5-7,10,14H,4,8H2,1-3H3. The van der Waals surface area contributed by atoms with Gasteiger partial charge in [-0.05, 0) is 19.4 Å². The highest BCUT2D eigenvalue weighted by Crippen LogP contribution is 2.35. The van der Waals surface area contributed by atoms with Gasteiger partial charge >= 0.3 is 0 Å². The molecule has 1 aliphatic carbocycles. The number of nitriles is 1. The summed E-state index contributed by atoms with van der Waals surface area (Å²) >= 11 is 0. The largest absolute Gasteiger partial charge is 0.221 e. The predicted octanol–water partition coefficient (Wildman–Crippen LogP) is 1.73. The SMILES string of the molecule is CCCNS(=O)(=O)C1(C)C=CC=C(C#N)C1C. The summed E-state index contributed by atoms with van der Waals surface area (Å²) in [5.74, 6) is -0.341. The second-order valence-corrected chi connectivity index (χ2v) is 6.57. The lowest BCUT2D eigenvalue weighted by molar-refractivity contribution is 0.494. The third-order valence-electron chi connectivity index (χ3n) is 3.28. The monoisotopic (exact) mass is 254 g/mol. The van der Waals surface area contributed by atoms with Crippen molar-refractivity contribution in [3.63, 3.8) is 0 Å². The molecule has 1 aliphatic rings. The molecule has 0 bridgehead atoms. The minimum Gasteiger partial charge on any atom is -0.214 e. The van der Waals surface area contributed by atoms with Gasteiger partial charge in [0.2, 0.25) is 10.0 Å². The normalized spacial score (nSPS) is 28.6. The number of sulfonamides is 1. The Labute approximate surface area is 103 Å². The quantitative estimate of drug-likeness (QED) is 0.830. The first-order valence-electron chi connectivity index (χ1n) is 5.67. The van der Waals surface area contributed by atoms with E-state index in [1.54, 1.807) is 32.1 Å². The predicted molar refractivity (Wildman–Crippen MR) is 67.6 cm³/mol. The van der Waals surface area contributed by atoms with E-state index in [2.05, 4.69) is 10.8 Å². The summed E-state index contributed by atoms with van der Waals surface area (Å²) in [5.41, 5.74) is 0.497. The highest BCUT2D eigenvalue weighted by atomic mass is 32.2. The van der Waals surface area contributed by atoms with E-state index in [9.17, 15) is 8.42 Å². The summed E-state index contributed by atoms with van der Waals surface area (Å²) in [6.45, 7) is 5.75. The average molecular weight is 254 g/mol. The Hall–Kier alpha value is -1.12. The van der Waals surface area contributed by atoms with Gasteiger partial charge in [0.1, 0.15) is 4.75 Å². The van der Waals surface area contributed by atoms with Gasteiger partial charge in [-0.15, -0.1) is 0 Å². The molecule has 0 spiro atoms.